The van der Waals surface area contributed by atoms with Crippen molar-refractivity contribution in [1.82, 2.24) is 15.6 Å². The van der Waals surface area contributed by atoms with Crippen molar-refractivity contribution in [3.63, 3.8) is 0 Å². The summed E-state index contributed by atoms with van der Waals surface area (Å²) in [6.07, 6.45) is 5.04. The standard InChI is InChI=1S/C18H21N3O2/c1-12-7-10-20-15-6-5-13(11-14(12)15)16(22)21-18(17(23)19-2)8-3-4-9-18/h5-7,10-11H,3-4,8-9H2,1-2H3,(H,19,23)(H,21,22). The number of carbonyl (C=O) groups is 2. The predicted molar refractivity (Wildman–Crippen MR) is 89.2 cm³/mol. The number of carbonyl (C=O) groups excluding carboxylic acids is 2. The fourth-order valence-electron chi connectivity index (χ4n) is 3.34. The van der Waals surface area contributed by atoms with Crippen LogP contribution in [0, 0.1) is 6.92 Å². The molecule has 5 nitrogen and oxygen atoms in total. The fraction of sp³-hybridized carbons (Fsp3) is 0.389. The highest BCUT2D eigenvalue weighted by atomic mass is 16.2. The van der Waals surface area contributed by atoms with Gasteiger partial charge >= 0.3 is 0 Å². The molecule has 1 aliphatic carbocycles. The van der Waals surface area contributed by atoms with Crippen LogP contribution in [0.15, 0.2) is 30.5 Å². The smallest absolute Gasteiger partial charge is 0.252 e. The SMILES string of the molecule is CNC(=O)C1(NC(=O)c2ccc3nccc(C)c3c2)CCCC1. The number of aryl methyl sites for hydroxylation is 1. The Balaban J connectivity index is 1.91. The molecule has 5 heteroatoms. The van der Waals surface area contributed by atoms with Crippen molar-refractivity contribution < 1.29 is 9.59 Å². The van der Waals surface area contributed by atoms with Gasteiger partial charge in [0, 0.05) is 24.2 Å². The molecule has 2 amide bonds. The largest absolute Gasteiger partial charge is 0.357 e. The van der Waals surface area contributed by atoms with Crippen molar-refractivity contribution in [2.75, 3.05) is 7.05 Å². The molecule has 120 valence electrons. The first-order valence-corrected chi connectivity index (χ1v) is 7.96. The highest BCUT2D eigenvalue weighted by Crippen LogP contribution is 2.30. The number of nitrogens with one attached hydrogen (secondary N) is 2. The zero-order valence-corrected chi connectivity index (χ0v) is 13.5. The number of fused-ring (bicyclic) bond motifs is 1. The zero-order valence-electron chi connectivity index (χ0n) is 13.5. The summed E-state index contributed by atoms with van der Waals surface area (Å²) in [5, 5.41) is 6.61. The molecule has 2 N–H and O–H groups in total. The minimum atomic E-state index is -0.773. The topological polar surface area (TPSA) is 71.1 Å². The normalized spacial score (nSPS) is 16.3. The Morgan fingerprint density at radius 3 is 2.61 bits per heavy atom. The first kappa shape index (κ1) is 15.5. The first-order valence-electron chi connectivity index (χ1n) is 7.96. The molecule has 0 atom stereocenters. The van der Waals surface area contributed by atoms with Crippen LogP contribution in [0.25, 0.3) is 10.9 Å². The van der Waals surface area contributed by atoms with Gasteiger partial charge in [-0.2, -0.15) is 0 Å². The molecule has 0 radical (unpaired) electrons. The van der Waals surface area contributed by atoms with Crippen LogP contribution in [-0.4, -0.2) is 29.4 Å². The van der Waals surface area contributed by atoms with Crippen molar-refractivity contribution in [3.8, 4) is 0 Å². The second-order valence-corrected chi connectivity index (χ2v) is 6.18. The Morgan fingerprint density at radius 2 is 1.91 bits per heavy atom. The van der Waals surface area contributed by atoms with E-state index in [4.69, 9.17) is 0 Å². The van der Waals surface area contributed by atoms with Gasteiger partial charge in [-0.15, -0.1) is 0 Å². The predicted octanol–water partition coefficient (Wildman–Crippen LogP) is 2.33. The molecule has 1 aliphatic rings. The van der Waals surface area contributed by atoms with Crippen LogP contribution in [0.3, 0.4) is 0 Å². The average molecular weight is 311 g/mol. The molecule has 1 aromatic carbocycles. The lowest BCUT2D eigenvalue weighted by atomic mass is 9.95. The molecule has 1 aromatic heterocycles. The Labute approximate surface area is 135 Å². The van der Waals surface area contributed by atoms with Crippen molar-refractivity contribution in [1.29, 1.82) is 0 Å². The number of benzene rings is 1. The van der Waals surface area contributed by atoms with Crippen molar-refractivity contribution in [3.05, 3.63) is 41.6 Å². The highest BCUT2D eigenvalue weighted by molar-refractivity contribution is 6.01. The first-order chi connectivity index (χ1) is 11.1. The summed E-state index contributed by atoms with van der Waals surface area (Å²) < 4.78 is 0. The number of hydrogen-bond donors (Lipinski definition) is 2. The molecule has 23 heavy (non-hydrogen) atoms. The summed E-state index contributed by atoms with van der Waals surface area (Å²) in [4.78, 5) is 29.2. The number of amides is 2. The second kappa shape index (κ2) is 5.99. The van der Waals surface area contributed by atoms with E-state index < -0.39 is 5.54 Å². The molecule has 1 saturated carbocycles. The van der Waals surface area contributed by atoms with Gasteiger partial charge in [0.15, 0.2) is 0 Å². The van der Waals surface area contributed by atoms with Crippen LogP contribution in [0.1, 0.15) is 41.6 Å². The Kier molecular flexibility index (Phi) is 4.03. The Morgan fingerprint density at radius 1 is 1.17 bits per heavy atom. The van der Waals surface area contributed by atoms with E-state index in [9.17, 15) is 9.59 Å². The van der Waals surface area contributed by atoms with E-state index >= 15 is 0 Å². The van der Waals surface area contributed by atoms with Gasteiger partial charge in [0.05, 0.1) is 5.52 Å². The van der Waals surface area contributed by atoms with Crippen LogP contribution >= 0.6 is 0 Å². The van der Waals surface area contributed by atoms with Crippen LogP contribution in [0.5, 0.6) is 0 Å². The number of rotatable bonds is 3. The quantitative estimate of drug-likeness (QED) is 0.914. The summed E-state index contributed by atoms with van der Waals surface area (Å²) in [6, 6.07) is 7.38. The third-order valence-corrected chi connectivity index (χ3v) is 4.69. The van der Waals surface area contributed by atoms with Crippen LogP contribution in [0.4, 0.5) is 0 Å². The van der Waals surface area contributed by atoms with E-state index in [0.29, 0.717) is 18.4 Å². The summed E-state index contributed by atoms with van der Waals surface area (Å²) >= 11 is 0. The van der Waals surface area contributed by atoms with Gasteiger partial charge in [0.1, 0.15) is 5.54 Å². The summed E-state index contributed by atoms with van der Waals surface area (Å²) in [6.45, 7) is 1.99. The van der Waals surface area contributed by atoms with Crippen molar-refractivity contribution in [2.45, 2.75) is 38.1 Å². The van der Waals surface area contributed by atoms with Gasteiger partial charge in [-0.25, -0.2) is 0 Å². The molecular formula is C18H21N3O2. The van der Waals surface area contributed by atoms with E-state index in [2.05, 4.69) is 15.6 Å². The monoisotopic (exact) mass is 311 g/mol. The van der Waals surface area contributed by atoms with E-state index in [0.717, 1.165) is 29.3 Å². The summed E-state index contributed by atoms with van der Waals surface area (Å²) in [5.41, 5.74) is 1.73. The van der Waals surface area contributed by atoms with Gasteiger partial charge < -0.3 is 10.6 Å². The molecule has 0 unspecified atom stereocenters. The lowest BCUT2D eigenvalue weighted by Gasteiger charge is -2.28. The Bertz CT molecular complexity index is 764. The molecule has 0 aliphatic heterocycles. The van der Waals surface area contributed by atoms with Gasteiger partial charge in [0.25, 0.3) is 5.91 Å². The van der Waals surface area contributed by atoms with Gasteiger partial charge in [-0.3, -0.25) is 14.6 Å². The van der Waals surface area contributed by atoms with E-state index in [1.165, 1.54) is 0 Å². The van der Waals surface area contributed by atoms with Gasteiger partial charge in [0.2, 0.25) is 5.91 Å². The number of pyridine rings is 1. The third-order valence-electron chi connectivity index (χ3n) is 4.69. The van der Waals surface area contributed by atoms with Crippen molar-refractivity contribution >= 4 is 22.7 Å². The summed E-state index contributed by atoms with van der Waals surface area (Å²) in [5.74, 6) is -0.317. The average Bonchev–Trinajstić information content (AvgIpc) is 3.04. The second-order valence-electron chi connectivity index (χ2n) is 6.18. The maximum absolute atomic E-state index is 12.7. The molecule has 0 saturated heterocycles. The maximum Gasteiger partial charge on any atom is 0.252 e. The Hall–Kier alpha value is -2.43. The highest BCUT2D eigenvalue weighted by Gasteiger charge is 2.41. The van der Waals surface area contributed by atoms with E-state index in [-0.39, 0.29) is 11.8 Å². The third kappa shape index (κ3) is 2.79. The molecule has 1 fully saturated rings. The number of nitrogens with zero attached hydrogens (tertiary/aromatic N) is 1. The van der Waals surface area contributed by atoms with Crippen LogP contribution < -0.4 is 10.6 Å². The maximum atomic E-state index is 12.7. The minimum Gasteiger partial charge on any atom is -0.357 e. The molecular weight excluding hydrogens is 290 g/mol. The molecule has 3 rings (SSSR count). The van der Waals surface area contributed by atoms with Gasteiger partial charge in [-0.1, -0.05) is 12.8 Å². The van der Waals surface area contributed by atoms with Crippen molar-refractivity contribution in [2.24, 2.45) is 0 Å². The fourth-order valence-corrected chi connectivity index (χ4v) is 3.34. The molecule has 1 heterocycles. The number of likely N-dealkylation sites (N-methyl/N-ethyl adjacent to an activating group) is 1. The molecule has 0 bridgehead atoms. The molecule has 2 aromatic rings. The minimum absolute atomic E-state index is 0.109. The van der Waals surface area contributed by atoms with E-state index in [1.807, 2.05) is 25.1 Å². The zero-order chi connectivity index (χ0) is 16.4. The summed E-state index contributed by atoms with van der Waals surface area (Å²) in [7, 11) is 1.61. The number of hydrogen-bond acceptors (Lipinski definition) is 3. The lowest BCUT2D eigenvalue weighted by molar-refractivity contribution is -0.126. The van der Waals surface area contributed by atoms with Crippen LogP contribution in [0.2, 0.25) is 0 Å². The van der Waals surface area contributed by atoms with Gasteiger partial charge in [-0.05, 0) is 49.6 Å². The molecule has 0 spiro atoms. The van der Waals surface area contributed by atoms with Crippen LogP contribution in [-0.2, 0) is 4.79 Å². The lowest BCUT2D eigenvalue weighted by Crippen LogP contribution is -2.56. The van der Waals surface area contributed by atoms with E-state index in [1.54, 1.807) is 19.3 Å². The number of aromatic nitrogens is 1.